The summed E-state index contributed by atoms with van der Waals surface area (Å²) in [5.41, 5.74) is -1.64. The lowest BCUT2D eigenvalue weighted by Gasteiger charge is -2.08. The fraction of sp³-hybridized carbons (Fsp3) is 0.286. The smallest absolute Gasteiger partial charge is 0.264 e. The average molecular weight is 214 g/mol. The summed E-state index contributed by atoms with van der Waals surface area (Å²) < 4.78 is 49.1. The lowest BCUT2D eigenvalue weighted by molar-refractivity contribution is -0.140. The molecule has 0 N–H and O–H groups in total. The lowest BCUT2D eigenvalue weighted by Crippen LogP contribution is -2.10. The molecular weight excluding hydrogens is 210 g/mol. The molecule has 0 unspecified atom stereocenters. The molecule has 1 aromatic rings. The van der Waals surface area contributed by atoms with E-state index in [0.717, 1.165) is 6.20 Å². The molecule has 1 rings (SSSR count). The Morgan fingerprint density at radius 1 is 1.31 bits per heavy atom. The number of rotatable bonds is 1. The van der Waals surface area contributed by atoms with E-state index in [9.17, 15) is 17.6 Å². The molecule has 0 aliphatic rings. The highest BCUT2D eigenvalue weighted by molar-refractivity contribution is 6.17. The number of aromatic nitrogens is 1. The summed E-state index contributed by atoms with van der Waals surface area (Å²) in [4.78, 5) is 3.24. The minimum atomic E-state index is -4.72. The largest absolute Gasteiger partial charge is 0.420 e. The van der Waals surface area contributed by atoms with Gasteiger partial charge in [0.2, 0.25) is 0 Å². The highest BCUT2D eigenvalue weighted by Crippen LogP contribution is 2.31. The summed E-state index contributed by atoms with van der Waals surface area (Å²) in [7, 11) is 0. The van der Waals surface area contributed by atoms with Crippen LogP contribution < -0.4 is 0 Å². The number of hydrogen-bond acceptors (Lipinski definition) is 1. The van der Waals surface area contributed by atoms with E-state index >= 15 is 0 Å². The van der Waals surface area contributed by atoms with Gasteiger partial charge in [0.05, 0.1) is 5.88 Å². The summed E-state index contributed by atoms with van der Waals surface area (Å²) in [6, 6.07) is 0. The molecule has 1 heterocycles. The van der Waals surface area contributed by atoms with Crippen molar-refractivity contribution in [1.29, 1.82) is 0 Å². The zero-order valence-electron chi connectivity index (χ0n) is 6.20. The summed E-state index contributed by atoms with van der Waals surface area (Å²) in [6.07, 6.45) is -3.32. The van der Waals surface area contributed by atoms with E-state index in [4.69, 9.17) is 11.6 Å². The summed E-state index contributed by atoms with van der Waals surface area (Å²) in [6.45, 7) is 0. The van der Waals surface area contributed by atoms with Crippen molar-refractivity contribution in [3.63, 3.8) is 0 Å². The third-order valence-corrected chi connectivity index (χ3v) is 1.69. The molecule has 0 spiro atoms. The second kappa shape index (κ2) is 3.49. The van der Waals surface area contributed by atoms with Crippen LogP contribution in [-0.2, 0) is 12.1 Å². The first kappa shape index (κ1) is 10.2. The first-order valence-electron chi connectivity index (χ1n) is 3.22. The molecule has 1 nitrogen and oxygen atoms in total. The third-order valence-electron chi connectivity index (χ3n) is 1.40. The molecule has 0 aromatic carbocycles. The SMILES string of the molecule is Fc1c(CCl)cncc1C(F)(F)F. The summed E-state index contributed by atoms with van der Waals surface area (Å²) in [5.74, 6) is -1.68. The normalized spacial score (nSPS) is 11.8. The topological polar surface area (TPSA) is 12.9 Å². The van der Waals surface area contributed by atoms with Gasteiger partial charge in [0.15, 0.2) is 0 Å². The monoisotopic (exact) mass is 213 g/mol. The van der Waals surface area contributed by atoms with Crippen molar-refractivity contribution in [2.75, 3.05) is 0 Å². The molecule has 1 aromatic heterocycles. The van der Waals surface area contributed by atoms with E-state index in [2.05, 4.69) is 4.98 Å². The number of halogens is 5. The molecule has 0 fully saturated rings. The van der Waals surface area contributed by atoms with E-state index in [1.807, 2.05) is 0 Å². The highest BCUT2D eigenvalue weighted by Gasteiger charge is 2.35. The molecule has 6 heteroatoms. The standard InChI is InChI=1S/C7H4ClF4N/c8-1-4-2-13-3-5(6(4)9)7(10,11)12/h2-3H,1H2. The quantitative estimate of drug-likeness (QED) is 0.516. The second-order valence-corrected chi connectivity index (χ2v) is 2.56. The van der Waals surface area contributed by atoms with Crippen molar-refractivity contribution in [2.24, 2.45) is 0 Å². The Morgan fingerprint density at radius 3 is 2.38 bits per heavy atom. The molecule has 0 radical (unpaired) electrons. The van der Waals surface area contributed by atoms with E-state index < -0.39 is 17.6 Å². The highest BCUT2D eigenvalue weighted by atomic mass is 35.5. The molecular formula is C7H4ClF4N. The molecule has 0 aliphatic heterocycles. The van der Waals surface area contributed by atoms with E-state index in [-0.39, 0.29) is 11.4 Å². The van der Waals surface area contributed by atoms with Gasteiger partial charge >= 0.3 is 6.18 Å². The van der Waals surface area contributed by atoms with Crippen LogP contribution in [0.25, 0.3) is 0 Å². The van der Waals surface area contributed by atoms with Crippen LogP contribution in [0.15, 0.2) is 12.4 Å². The molecule has 72 valence electrons. The number of pyridine rings is 1. The lowest BCUT2D eigenvalue weighted by atomic mass is 10.2. The molecule has 0 saturated carbocycles. The van der Waals surface area contributed by atoms with Gasteiger partial charge in [0.25, 0.3) is 0 Å². The maximum Gasteiger partial charge on any atom is 0.420 e. The van der Waals surface area contributed by atoms with Gasteiger partial charge in [-0.25, -0.2) is 4.39 Å². The molecule has 0 aliphatic carbocycles. The van der Waals surface area contributed by atoms with Crippen molar-refractivity contribution >= 4 is 11.6 Å². The Balaban J connectivity index is 3.24. The van der Waals surface area contributed by atoms with Crippen LogP contribution in [0.3, 0.4) is 0 Å². The number of hydrogen-bond donors (Lipinski definition) is 0. The fourth-order valence-electron chi connectivity index (χ4n) is 0.779. The Kier molecular flexibility index (Phi) is 2.75. The first-order valence-corrected chi connectivity index (χ1v) is 3.76. The van der Waals surface area contributed by atoms with E-state index in [1.54, 1.807) is 0 Å². The van der Waals surface area contributed by atoms with Gasteiger partial charge in [-0.15, -0.1) is 11.6 Å². The van der Waals surface area contributed by atoms with Crippen molar-refractivity contribution < 1.29 is 17.6 Å². The number of alkyl halides is 4. The van der Waals surface area contributed by atoms with Crippen LogP contribution in [0.4, 0.5) is 17.6 Å². The van der Waals surface area contributed by atoms with E-state index in [1.165, 1.54) is 0 Å². The maximum atomic E-state index is 12.9. The third kappa shape index (κ3) is 2.09. The van der Waals surface area contributed by atoms with Crippen LogP contribution in [-0.4, -0.2) is 4.98 Å². The maximum absolute atomic E-state index is 12.9. The predicted octanol–water partition coefficient (Wildman–Crippen LogP) is 2.98. The van der Waals surface area contributed by atoms with Gasteiger partial charge in [-0.3, -0.25) is 4.98 Å². The van der Waals surface area contributed by atoms with Crippen molar-refractivity contribution in [1.82, 2.24) is 4.98 Å². The summed E-state index contributed by atoms with van der Waals surface area (Å²) >= 11 is 5.21. The van der Waals surface area contributed by atoms with Crippen LogP contribution in [0.2, 0.25) is 0 Å². The van der Waals surface area contributed by atoms with Gasteiger partial charge in [0.1, 0.15) is 11.4 Å². The molecule has 0 saturated heterocycles. The molecule has 0 bridgehead atoms. The summed E-state index contributed by atoms with van der Waals surface area (Å²) in [5, 5.41) is 0. The van der Waals surface area contributed by atoms with Gasteiger partial charge < -0.3 is 0 Å². The molecule has 13 heavy (non-hydrogen) atoms. The second-order valence-electron chi connectivity index (χ2n) is 2.29. The molecule has 0 atom stereocenters. The molecule has 0 amide bonds. The Morgan fingerprint density at radius 2 is 1.92 bits per heavy atom. The van der Waals surface area contributed by atoms with E-state index in [0.29, 0.717) is 6.20 Å². The number of nitrogens with zero attached hydrogens (tertiary/aromatic N) is 1. The predicted molar refractivity (Wildman–Crippen MR) is 38.8 cm³/mol. The van der Waals surface area contributed by atoms with Gasteiger partial charge in [-0.1, -0.05) is 0 Å². The Hall–Kier alpha value is -0.840. The first-order chi connectivity index (χ1) is 5.96. The van der Waals surface area contributed by atoms with Crippen molar-refractivity contribution in [2.45, 2.75) is 12.1 Å². The van der Waals surface area contributed by atoms with Gasteiger partial charge in [-0.2, -0.15) is 13.2 Å². The Bertz CT molecular complexity index is 310. The van der Waals surface area contributed by atoms with Crippen LogP contribution >= 0.6 is 11.6 Å². The zero-order chi connectivity index (χ0) is 10.1. The minimum Gasteiger partial charge on any atom is -0.264 e. The minimum absolute atomic E-state index is 0.253. The van der Waals surface area contributed by atoms with Crippen LogP contribution in [0.1, 0.15) is 11.1 Å². The zero-order valence-corrected chi connectivity index (χ0v) is 6.95. The van der Waals surface area contributed by atoms with Crippen molar-refractivity contribution in [3.8, 4) is 0 Å². The van der Waals surface area contributed by atoms with Crippen molar-refractivity contribution in [3.05, 3.63) is 29.3 Å². The van der Waals surface area contributed by atoms with Gasteiger partial charge in [0, 0.05) is 18.0 Å². The van der Waals surface area contributed by atoms with Crippen LogP contribution in [0.5, 0.6) is 0 Å². The fourth-order valence-corrected chi connectivity index (χ4v) is 0.965. The average Bonchev–Trinajstić information content (AvgIpc) is 2.02. The Labute approximate surface area is 76.3 Å². The van der Waals surface area contributed by atoms with Gasteiger partial charge in [-0.05, 0) is 0 Å². The van der Waals surface area contributed by atoms with Crippen LogP contribution in [0, 0.1) is 5.82 Å².